The average Bonchev–Trinajstić information content (AvgIpc) is 2.74. The summed E-state index contributed by atoms with van der Waals surface area (Å²) < 4.78 is 0. The molecule has 0 spiro atoms. The molecular weight excluding hydrogens is 344 g/mol. The number of nitrogens with zero attached hydrogens (tertiary/aromatic N) is 1. The summed E-state index contributed by atoms with van der Waals surface area (Å²) >= 11 is 0. The maximum atomic E-state index is 12.9. The van der Waals surface area contributed by atoms with Crippen LogP contribution in [0.2, 0.25) is 0 Å². The number of nitrogens with one attached hydrogen (secondary N) is 1. The lowest BCUT2D eigenvalue weighted by atomic mass is 9.96. The van der Waals surface area contributed by atoms with E-state index < -0.39 is 0 Å². The van der Waals surface area contributed by atoms with Crippen molar-refractivity contribution in [3.8, 4) is 22.4 Å². The zero-order valence-corrected chi connectivity index (χ0v) is 15.4. The summed E-state index contributed by atoms with van der Waals surface area (Å²) in [6.07, 6.45) is 0. The van der Waals surface area contributed by atoms with Crippen LogP contribution in [-0.4, -0.2) is 9.97 Å². The van der Waals surface area contributed by atoms with Crippen LogP contribution in [-0.2, 0) is 0 Å². The molecule has 0 unspecified atom stereocenters. The molecule has 0 aliphatic rings. The smallest absolute Gasteiger partial charge is 0.258 e. The predicted octanol–water partition coefficient (Wildman–Crippen LogP) is 5.72. The van der Waals surface area contributed by atoms with Gasteiger partial charge in [-0.1, -0.05) is 66.7 Å². The van der Waals surface area contributed by atoms with Gasteiger partial charge in [0, 0.05) is 16.3 Å². The van der Waals surface area contributed by atoms with Crippen LogP contribution >= 0.6 is 0 Å². The first-order valence-corrected chi connectivity index (χ1v) is 9.29. The van der Waals surface area contributed by atoms with Crippen LogP contribution in [0.5, 0.6) is 0 Å². The Labute approximate surface area is 162 Å². The van der Waals surface area contributed by atoms with Gasteiger partial charge >= 0.3 is 0 Å². The number of hydrogen-bond acceptors (Lipinski definition) is 2. The minimum atomic E-state index is -0.113. The molecule has 1 N–H and O–H groups in total. The van der Waals surface area contributed by atoms with Gasteiger partial charge in [0.2, 0.25) is 0 Å². The number of hydrogen-bond donors (Lipinski definition) is 1. The Morgan fingerprint density at radius 2 is 1.46 bits per heavy atom. The van der Waals surface area contributed by atoms with Gasteiger partial charge in [-0.2, -0.15) is 0 Å². The van der Waals surface area contributed by atoms with E-state index in [1.807, 2.05) is 73.7 Å². The van der Waals surface area contributed by atoms with Crippen LogP contribution in [0.15, 0.2) is 89.7 Å². The first-order chi connectivity index (χ1) is 13.7. The fraction of sp³-hybridized carbons (Fsp3) is 0.0400. The molecule has 2 aromatic heterocycles. The summed E-state index contributed by atoms with van der Waals surface area (Å²) in [5.74, 6) is 0. The lowest BCUT2D eigenvalue weighted by molar-refractivity contribution is 1.25. The van der Waals surface area contributed by atoms with Crippen LogP contribution in [0.1, 0.15) is 5.56 Å². The van der Waals surface area contributed by atoms with Crippen molar-refractivity contribution in [1.29, 1.82) is 0 Å². The molecular formula is C25H18N2O. The van der Waals surface area contributed by atoms with E-state index in [9.17, 15) is 4.79 Å². The molecule has 3 heteroatoms. The van der Waals surface area contributed by atoms with E-state index in [1.165, 1.54) is 0 Å². The largest absolute Gasteiger partial charge is 0.321 e. The quantitative estimate of drug-likeness (QED) is 0.437. The van der Waals surface area contributed by atoms with Crippen LogP contribution in [0.3, 0.4) is 0 Å². The molecule has 3 nitrogen and oxygen atoms in total. The molecule has 5 rings (SSSR count). The molecule has 3 aromatic carbocycles. The first-order valence-electron chi connectivity index (χ1n) is 9.29. The van der Waals surface area contributed by atoms with Crippen LogP contribution in [0, 0.1) is 6.92 Å². The molecule has 0 bridgehead atoms. The normalized spacial score (nSPS) is 11.2. The van der Waals surface area contributed by atoms with Gasteiger partial charge in [0.15, 0.2) is 0 Å². The van der Waals surface area contributed by atoms with Gasteiger partial charge in [-0.25, -0.2) is 4.98 Å². The van der Waals surface area contributed by atoms with Gasteiger partial charge in [0.1, 0.15) is 0 Å². The SMILES string of the molecule is Cc1c(-c2cc(-c3ccccc3)c3ccccc3n2)c(=O)[nH]c2ccccc12. The van der Waals surface area contributed by atoms with Gasteiger partial charge in [0.05, 0.1) is 16.8 Å². The molecule has 5 aromatic rings. The summed E-state index contributed by atoms with van der Waals surface area (Å²) in [5.41, 5.74) is 6.07. The topological polar surface area (TPSA) is 45.8 Å². The predicted molar refractivity (Wildman–Crippen MR) is 115 cm³/mol. The summed E-state index contributed by atoms with van der Waals surface area (Å²) in [7, 11) is 0. The zero-order chi connectivity index (χ0) is 19.1. The monoisotopic (exact) mass is 362 g/mol. The second-order valence-electron chi connectivity index (χ2n) is 6.94. The second-order valence-corrected chi connectivity index (χ2v) is 6.94. The zero-order valence-electron chi connectivity index (χ0n) is 15.4. The number of fused-ring (bicyclic) bond motifs is 2. The summed E-state index contributed by atoms with van der Waals surface area (Å²) in [6.45, 7) is 1.99. The highest BCUT2D eigenvalue weighted by molar-refractivity contribution is 5.97. The Bertz CT molecular complexity index is 1380. The van der Waals surface area contributed by atoms with Gasteiger partial charge in [-0.3, -0.25) is 4.79 Å². The Hall–Kier alpha value is -3.72. The van der Waals surface area contributed by atoms with E-state index in [0.29, 0.717) is 11.3 Å². The number of benzene rings is 3. The van der Waals surface area contributed by atoms with Crippen molar-refractivity contribution in [2.45, 2.75) is 6.92 Å². The number of H-pyrrole nitrogens is 1. The summed E-state index contributed by atoms with van der Waals surface area (Å²) in [4.78, 5) is 20.8. The first kappa shape index (κ1) is 16.5. The van der Waals surface area contributed by atoms with E-state index >= 15 is 0 Å². The maximum absolute atomic E-state index is 12.9. The minimum Gasteiger partial charge on any atom is -0.321 e. The van der Waals surface area contributed by atoms with Crippen molar-refractivity contribution in [2.24, 2.45) is 0 Å². The standard InChI is InChI=1S/C25H18N2O/c1-16-18-11-5-7-13-21(18)27-25(28)24(16)23-15-20(17-9-3-2-4-10-17)19-12-6-8-14-22(19)26-23/h2-15H,1H3,(H,27,28). The molecule has 0 amide bonds. The third kappa shape index (κ3) is 2.60. The second kappa shape index (κ2) is 6.46. The number of rotatable bonds is 2. The third-order valence-electron chi connectivity index (χ3n) is 5.24. The molecule has 2 heterocycles. The van der Waals surface area contributed by atoms with Crippen molar-refractivity contribution in [1.82, 2.24) is 9.97 Å². The number of aryl methyl sites for hydroxylation is 1. The Morgan fingerprint density at radius 1 is 0.786 bits per heavy atom. The number of pyridine rings is 2. The highest BCUT2D eigenvalue weighted by atomic mass is 16.1. The van der Waals surface area contributed by atoms with Crippen molar-refractivity contribution in [2.75, 3.05) is 0 Å². The molecule has 0 fully saturated rings. The Balaban J connectivity index is 1.86. The van der Waals surface area contributed by atoms with Crippen LogP contribution < -0.4 is 5.56 Å². The molecule has 28 heavy (non-hydrogen) atoms. The third-order valence-corrected chi connectivity index (χ3v) is 5.24. The summed E-state index contributed by atoms with van der Waals surface area (Å²) in [5, 5.41) is 2.11. The highest BCUT2D eigenvalue weighted by Gasteiger charge is 2.15. The minimum absolute atomic E-state index is 0.113. The van der Waals surface area contributed by atoms with Gasteiger partial charge in [0.25, 0.3) is 5.56 Å². The molecule has 0 atom stereocenters. The van der Waals surface area contributed by atoms with E-state index in [4.69, 9.17) is 4.98 Å². The molecule has 0 aliphatic carbocycles. The van der Waals surface area contributed by atoms with Crippen molar-refractivity contribution in [3.63, 3.8) is 0 Å². The van der Waals surface area contributed by atoms with Crippen LogP contribution in [0.25, 0.3) is 44.2 Å². The fourth-order valence-electron chi connectivity index (χ4n) is 3.88. The maximum Gasteiger partial charge on any atom is 0.258 e. The molecule has 0 saturated carbocycles. The molecule has 0 radical (unpaired) electrons. The molecule has 0 saturated heterocycles. The number of aromatic amines is 1. The van der Waals surface area contributed by atoms with Crippen molar-refractivity contribution >= 4 is 21.8 Å². The van der Waals surface area contributed by atoms with Crippen molar-refractivity contribution in [3.05, 3.63) is 101 Å². The number of para-hydroxylation sites is 2. The lowest BCUT2D eigenvalue weighted by Crippen LogP contribution is -2.12. The van der Waals surface area contributed by atoms with Gasteiger partial charge < -0.3 is 4.98 Å². The highest BCUT2D eigenvalue weighted by Crippen LogP contribution is 2.33. The van der Waals surface area contributed by atoms with Gasteiger partial charge in [-0.05, 0) is 41.8 Å². The summed E-state index contributed by atoms with van der Waals surface area (Å²) in [6, 6.07) is 28.2. The lowest BCUT2D eigenvalue weighted by Gasteiger charge is -2.12. The molecule has 134 valence electrons. The van der Waals surface area contributed by atoms with E-state index in [2.05, 4.69) is 23.2 Å². The van der Waals surface area contributed by atoms with Gasteiger partial charge in [-0.15, -0.1) is 0 Å². The van der Waals surface area contributed by atoms with E-state index in [0.717, 1.165) is 38.5 Å². The van der Waals surface area contributed by atoms with Crippen LogP contribution in [0.4, 0.5) is 0 Å². The number of aromatic nitrogens is 2. The van der Waals surface area contributed by atoms with E-state index in [-0.39, 0.29) is 5.56 Å². The van der Waals surface area contributed by atoms with E-state index in [1.54, 1.807) is 0 Å². The van der Waals surface area contributed by atoms with Crippen molar-refractivity contribution < 1.29 is 0 Å². The Morgan fingerprint density at radius 3 is 2.29 bits per heavy atom. The fourth-order valence-corrected chi connectivity index (χ4v) is 3.88. The molecule has 0 aliphatic heterocycles. The average molecular weight is 362 g/mol. The Kier molecular flexibility index (Phi) is 3.80.